The molecule has 4 rings (SSSR count). The smallest absolute Gasteiger partial charge is 0.105 e. The number of halogens is 1. The van der Waals surface area contributed by atoms with E-state index in [1.54, 1.807) is 5.56 Å². The van der Waals surface area contributed by atoms with Gasteiger partial charge in [0.05, 0.1) is 13.1 Å². The van der Waals surface area contributed by atoms with Crippen molar-refractivity contribution in [3.8, 4) is 0 Å². The van der Waals surface area contributed by atoms with Crippen LogP contribution in [0.3, 0.4) is 0 Å². The summed E-state index contributed by atoms with van der Waals surface area (Å²) in [5.74, 6) is 2.04. The molecular weight excluding hydrogens is 298 g/mol. The molecule has 3 fully saturated rings. The Hall–Kier alpha value is -0.340. The molecule has 0 spiro atoms. The lowest BCUT2D eigenvalue weighted by molar-refractivity contribution is -0.965. The number of rotatable bonds is 2. The fraction of sp³-hybridized carbons (Fsp3) is 0.647. The minimum absolute atomic E-state index is 0. The van der Waals surface area contributed by atoms with E-state index in [1.165, 1.54) is 49.8 Å². The van der Waals surface area contributed by atoms with E-state index in [1.807, 2.05) is 0 Å². The number of hydrogen-bond acceptors (Lipinski definition) is 0. The fourth-order valence-corrected chi connectivity index (χ4v) is 5.63. The van der Waals surface area contributed by atoms with Crippen molar-refractivity contribution in [2.45, 2.75) is 44.7 Å². The van der Waals surface area contributed by atoms with Gasteiger partial charge in [-0.25, -0.2) is 0 Å². The van der Waals surface area contributed by atoms with E-state index in [2.05, 4.69) is 37.3 Å². The summed E-state index contributed by atoms with van der Waals surface area (Å²) in [7, 11) is 0. The van der Waals surface area contributed by atoms with Gasteiger partial charge in [-0.2, -0.15) is 0 Å². The topological polar surface area (TPSA) is 0 Å². The van der Waals surface area contributed by atoms with E-state index >= 15 is 0 Å². The summed E-state index contributed by atoms with van der Waals surface area (Å²) in [6.07, 6.45) is 5.99. The lowest BCUT2D eigenvalue weighted by Crippen LogP contribution is -3.00. The Morgan fingerprint density at radius 1 is 1.00 bits per heavy atom. The van der Waals surface area contributed by atoms with E-state index < -0.39 is 0 Å². The molecule has 2 aliphatic heterocycles. The molecule has 104 valence electrons. The van der Waals surface area contributed by atoms with Crippen LogP contribution >= 0.6 is 0 Å². The Kier molecular flexibility index (Phi) is 3.30. The Morgan fingerprint density at radius 2 is 1.58 bits per heavy atom. The van der Waals surface area contributed by atoms with Gasteiger partial charge in [-0.05, 0) is 19.8 Å². The Bertz CT molecular complexity index is 440. The highest BCUT2D eigenvalue weighted by Gasteiger charge is 2.67. The van der Waals surface area contributed by atoms with Crippen LogP contribution in [0.2, 0.25) is 0 Å². The summed E-state index contributed by atoms with van der Waals surface area (Å²) in [5.41, 5.74) is 2.17. The third kappa shape index (κ3) is 1.69. The van der Waals surface area contributed by atoms with Crippen molar-refractivity contribution in [3.05, 3.63) is 35.9 Å². The number of benzene rings is 1. The third-order valence-electron chi connectivity index (χ3n) is 6.68. The van der Waals surface area contributed by atoms with Crippen molar-refractivity contribution in [1.29, 1.82) is 0 Å². The normalized spacial score (nSPS) is 43.0. The minimum atomic E-state index is 0. The van der Waals surface area contributed by atoms with Gasteiger partial charge in [0, 0.05) is 30.2 Å². The van der Waals surface area contributed by atoms with Gasteiger partial charge in [-0.3, -0.25) is 0 Å². The van der Waals surface area contributed by atoms with Gasteiger partial charge in [0.1, 0.15) is 12.1 Å². The minimum Gasteiger partial charge on any atom is -1.00 e. The predicted octanol–water partition coefficient (Wildman–Crippen LogP) is 0.600. The van der Waals surface area contributed by atoms with E-state index in [0.29, 0.717) is 5.54 Å². The van der Waals surface area contributed by atoms with E-state index in [-0.39, 0.29) is 17.0 Å². The van der Waals surface area contributed by atoms with Gasteiger partial charge >= 0.3 is 0 Å². The highest BCUT2D eigenvalue weighted by Crippen LogP contribution is 2.60. The van der Waals surface area contributed by atoms with Crippen LogP contribution in [0.1, 0.15) is 38.2 Å². The number of quaternary nitrogens is 1. The van der Waals surface area contributed by atoms with Gasteiger partial charge in [0.2, 0.25) is 0 Å². The molecule has 2 heterocycles. The molecule has 2 heteroatoms. The third-order valence-corrected chi connectivity index (χ3v) is 6.68. The molecular formula is C17H24BrN. The standard InChI is InChI=1S/C17H24N.BrH/c1-17-15-7-8-16(17)10-12-18(17,11-9-15)13-14-5-3-2-4-6-14;/h2-6,15-16H,7-13H2,1H3;1H/q+1;/p-1/t15-,16+,17?,18?;. The predicted molar refractivity (Wildman–Crippen MR) is 74.0 cm³/mol. The molecule has 0 aromatic heterocycles. The Balaban J connectivity index is 0.00000110. The molecule has 0 amide bonds. The van der Waals surface area contributed by atoms with Crippen molar-refractivity contribution in [2.24, 2.45) is 11.8 Å². The second-order valence-electron chi connectivity index (χ2n) is 7.01. The van der Waals surface area contributed by atoms with Crippen LogP contribution in [0.15, 0.2) is 30.3 Å². The zero-order valence-electron chi connectivity index (χ0n) is 11.8. The summed E-state index contributed by atoms with van der Waals surface area (Å²) < 4.78 is 1.41. The van der Waals surface area contributed by atoms with Crippen LogP contribution in [0, 0.1) is 11.8 Å². The quantitative estimate of drug-likeness (QED) is 0.700. The molecule has 1 aromatic rings. The van der Waals surface area contributed by atoms with Gasteiger partial charge in [-0.15, -0.1) is 0 Å². The van der Waals surface area contributed by atoms with Crippen LogP contribution in [-0.2, 0) is 6.54 Å². The van der Waals surface area contributed by atoms with Crippen LogP contribution in [0.5, 0.6) is 0 Å². The largest absolute Gasteiger partial charge is 1.00 e. The number of nitrogens with zero attached hydrogens (tertiary/aromatic N) is 1. The maximum absolute atomic E-state index is 2.62. The van der Waals surface area contributed by atoms with Crippen molar-refractivity contribution in [2.75, 3.05) is 13.1 Å². The van der Waals surface area contributed by atoms with Crippen LogP contribution < -0.4 is 17.0 Å². The molecule has 0 bridgehead atoms. The van der Waals surface area contributed by atoms with E-state index in [9.17, 15) is 0 Å². The summed E-state index contributed by atoms with van der Waals surface area (Å²) in [6.45, 7) is 6.78. The maximum Gasteiger partial charge on any atom is 0.105 e. The molecule has 2 saturated heterocycles. The molecule has 0 radical (unpaired) electrons. The molecule has 2 unspecified atom stereocenters. The molecule has 3 aliphatic rings. The first-order valence-electron chi connectivity index (χ1n) is 7.65. The highest BCUT2D eigenvalue weighted by atomic mass is 79.9. The summed E-state index contributed by atoms with van der Waals surface area (Å²) >= 11 is 0. The average Bonchev–Trinajstić information content (AvgIpc) is 2.95. The highest BCUT2D eigenvalue weighted by molar-refractivity contribution is 5.15. The van der Waals surface area contributed by atoms with Crippen LogP contribution in [0.4, 0.5) is 0 Å². The molecule has 19 heavy (non-hydrogen) atoms. The molecule has 1 aliphatic carbocycles. The molecule has 1 nitrogen and oxygen atoms in total. The molecule has 0 N–H and O–H groups in total. The monoisotopic (exact) mass is 321 g/mol. The first-order chi connectivity index (χ1) is 8.75. The van der Waals surface area contributed by atoms with Crippen LogP contribution in [-0.4, -0.2) is 23.1 Å². The van der Waals surface area contributed by atoms with Crippen molar-refractivity contribution in [1.82, 2.24) is 0 Å². The van der Waals surface area contributed by atoms with E-state index in [0.717, 1.165) is 11.8 Å². The Labute approximate surface area is 127 Å². The first-order valence-corrected chi connectivity index (χ1v) is 7.65. The molecule has 4 atom stereocenters. The zero-order chi connectivity index (χ0) is 12.2. The van der Waals surface area contributed by atoms with Crippen LogP contribution in [0.25, 0.3) is 0 Å². The van der Waals surface area contributed by atoms with Gasteiger partial charge < -0.3 is 21.5 Å². The SMILES string of the molecule is CC12[C@@H]3CC[C@H]1CC[N+]2(Cc1ccccc1)CC3.[Br-]. The zero-order valence-corrected chi connectivity index (χ0v) is 13.4. The van der Waals surface area contributed by atoms with Crippen molar-refractivity contribution >= 4 is 0 Å². The maximum atomic E-state index is 2.62. The second-order valence-corrected chi connectivity index (χ2v) is 7.01. The lowest BCUT2D eigenvalue weighted by atomic mass is 9.84. The van der Waals surface area contributed by atoms with Crippen molar-refractivity contribution < 1.29 is 21.5 Å². The Morgan fingerprint density at radius 3 is 2.16 bits per heavy atom. The number of hydrogen-bond donors (Lipinski definition) is 0. The fourth-order valence-electron chi connectivity index (χ4n) is 5.63. The summed E-state index contributed by atoms with van der Waals surface area (Å²) in [4.78, 5) is 0. The first kappa shape index (κ1) is 13.6. The molecule has 1 saturated carbocycles. The summed E-state index contributed by atoms with van der Waals surface area (Å²) in [6, 6.07) is 11.2. The van der Waals surface area contributed by atoms with Gasteiger partial charge in [0.15, 0.2) is 0 Å². The second kappa shape index (κ2) is 4.60. The summed E-state index contributed by atoms with van der Waals surface area (Å²) in [5, 5.41) is 0. The van der Waals surface area contributed by atoms with E-state index in [4.69, 9.17) is 0 Å². The lowest BCUT2D eigenvalue weighted by Gasteiger charge is -2.44. The average molecular weight is 322 g/mol. The van der Waals surface area contributed by atoms with Gasteiger partial charge in [-0.1, -0.05) is 30.3 Å². The van der Waals surface area contributed by atoms with Crippen molar-refractivity contribution in [3.63, 3.8) is 0 Å². The van der Waals surface area contributed by atoms with Gasteiger partial charge in [0.25, 0.3) is 0 Å². The molecule has 1 aromatic carbocycles.